The highest BCUT2D eigenvalue weighted by atomic mass is 32.2. The van der Waals surface area contributed by atoms with Crippen LogP contribution < -0.4 is 16.9 Å². The van der Waals surface area contributed by atoms with Gasteiger partial charge in [-0.2, -0.15) is 4.98 Å². The average Bonchev–Trinajstić information content (AvgIpc) is 2.47. The first kappa shape index (κ1) is 13.4. The Kier molecular flexibility index (Phi) is 3.22. The molecule has 0 aliphatic carbocycles. The summed E-state index contributed by atoms with van der Waals surface area (Å²) in [4.78, 5) is 31.4. The van der Waals surface area contributed by atoms with Gasteiger partial charge in [0, 0.05) is 17.3 Å². The molecular weight excluding hydrogens is 290 g/mol. The van der Waals surface area contributed by atoms with Gasteiger partial charge >= 0.3 is 11.1 Å². The second-order valence-electron chi connectivity index (χ2n) is 4.36. The van der Waals surface area contributed by atoms with Crippen LogP contribution in [0.1, 0.15) is 0 Å². The number of aromatic nitrogens is 4. The van der Waals surface area contributed by atoms with Gasteiger partial charge in [0.25, 0.3) is 0 Å². The van der Waals surface area contributed by atoms with E-state index in [2.05, 4.69) is 15.1 Å². The number of nitrogen functional groups attached to an aromatic ring is 1. The van der Waals surface area contributed by atoms with Crippen molar-refractivity contribution >= 4 is 28.4 Å². The van der Waals surface area contributed by atoms with Crippen LogP contribution in [0.3, 0.4) is 0 Å². The third-order valence-electron chi connectivity index (χ3n) is 2.89. The van der Waals surface area contributed by atoms with E-state index in [0.29, 0.717) is 10.8 Å². The van der Waals surface area contributed by atoms with Crippen molar-refractivity contribution < 1.29 is 0 Å². The molecule has 1 aromatic carbocycles. The molecule has 0 radical (unpaired) electrons. The van der Waals surface area contributed by atoms with E-state index in [1.165, 1.54) is 16.4 Å². The maximum Gasteiger partial charge on any atom is 0.339 e. The lowest BCUT2D eigenvalue weighted by atomic mass is 10.2. The number of hydrogen-bond acceptors (Lipinski definition) is 6. The van der Waals surface area contributed by atoms with Gasteiger partial charge in [-0.3, -0.25) is 24.4 Å². The van der Waals surface area contributed by atoms with Crippen LogP contribution in [0.5, 0.6) is 0 Å². The summed E-state index contributed by atoms with van der Waals surface area (Å²) in [5, 5.41) is 3.62. The molecule has 0 bridgehead atoms. The SMILES string of the molecule is Cn1[nH]c(=O)c(=O)nc1Sc1c(N)cnc2ccccc12. The van der Waals surface area contributed by atoms with Crippen LogP contribution in [0.15, 0.2) is 50.1 Å². The summed E-state index contributed by atoms with van der Waals surface area (Å²) >= 11 is 1.21. The smallest absolute Gasteiger partial charge is 0.339 e. The quantitative estimate of drug-likeness (QED) is 0.676. The minimum absolute atomic E-state index is 0.350. The van der Waals surface area contributed by atoms with E-state index < -0.39 is 11.1 Å². The fourth-order valence-corrected chi connectivity index (χ4v) is 2.84. The lowest BCUT2D eigenvalue weighted by Gasteiger charge is -2.10. The van der Waals surface area contributed by atoms with E-state index in [0.717, 1.165) is 15.8 Å². The summed E-state index contributed by atoms with van der Waals surface area (Å²) in [6, 6.07) is 7.53. The van der Waals surface area contributed by atoms with Crippen LogP contribution in [0.4, 0.5) is 5.69 Å². The van der Waals surface area contributed by atoms with Gasteiger partial charge < -0.3 is 5.73 Å². The van der Waals surface area contributed by atoms with E-state index in [1.54, 1.807) is 13.2 Å². The number of fused-ring (bicyclic) bond motifs is 1. The number of nitrogens with zero attached hydrogens (tertiary/aromatic N) is 3. The van der Waals surface area contributed by atoms with Crippen molar-refractivity contribution in [2.24, 2.45) is 7.05 Å². The highest BCUT2D eigenvalue weighted by molar-refractivity contribution is 7.99. The Hall–Kier alpha value is -2.61. The molecule has 106 valence electrons. The first-order valence-corrected chi connectivity index (χ1v) is 6.86. The van der Waals surface area contributed by atoms with Crippen molar-refractivity contribution in [3.05, 3.63) is 51.2 Å². The number of benzene rings is 1. The van der Waals surface area contributed by atoms with Crippen LogP contribution in [0.2, 0.25) is 0 Å². The first-order valence-electron chi connectivity index (χ1n) is 6.04. The molecule has 0 aliphatic heterocycles. The standard InChI is InChI=1S/C13H11N5O2S/c1-18-13(16-11(19)12(20)17-18)21-10-7-4-2-3-5-9(7)15-6-8(10)14/h2-6H,14H2,1H3,(H,17,20). The first-order chi connectivity index (χ1) is 10.1. The Bertz CT molecular complexity index is 947. The summed E-state index contributed by atoms with van der Waals surface area (Å²) in [7, 11) is 1.61. The zero-order chi connectivity index (χ0) is 15.0. The van der Waals surface area contributed by atoms with E-state index in [9.17, 15) is 9.59 Å². The predicted octanol–water partition coefficient (Wildman–Crippen LogP) is 0.750. The highest BCUT2D eigenvalue weighted by Gasteiger charge is 2.12. The predicted molar refractivity (Wildman–Crippen MR) is 80.4 cm³/mol. The molecule has 0 aliphatic rings. The topological polar surface area (TPSA) is 107 Å². The molecule has 21 heavy (non-hydrogen) atoms. The number of nitrogens with two attached hydrogens (primary N) is 1. The maximum absolute atomic E-state index is 11.4. The third kappa shape index (κ3) is 2.40. The lowest BCUT2D eigenvalue weighted by Crippen LogP contribution is -2.33. The van der Waals surface area contributed by atoms with Crippen molar-refractivity contribution in [3.63, 3.8) is 0 Å². The van der Waals surface area contributed by atoms with Crippen LogP contribution in [-0.2, 0) is 7.05 Å². The van der Waals surface area contributed by atoms with Crippen molar-refractivity contribution in [1.82, 2.24) is 19.7 Å². The second-order valence-corrected chi connectivity index (χ2v) is 5.34. The molecule has 8 heteroatoms. The zero-order valence-corrected chi connectivity index (χ0v) is 11.8. The van der Waals surface area contributed by atoms with Gasteiger partial charge in [0.05, 0.1) is 17.4 Å². The number of pyridine rings is 1. The van der Waals surface area contributed by atoms with Gasteiger partial charge in [0.1, 0.15) is 0 Å². The molecule has 3 rings (SSSR count). The van der Waals surface area contributed by atoms with Crippen LogP contribution in [-0.4, -0.2) is 19.7 Å². The van der Waals surface area contributed by atoms with E-state index >= 15 is 0 Å². The summed E-state index contributed by atoms with van der Waals surface area (Å²) in [6.45, 7) is 0. The molecule has 0 spiro atoms. The molecule has 0 saturated heterocycles. The van der Waals surface area contributed by atoms with Gasteiger partial charge in [-0.15, -0.1) is 0 Å². The molecule has 7 nitrogen and oxygen atoms in total. The van der Waals surface area contributed by atoms with E-state index in [1.807, 2.05) is 24.3 Å². The Morgan fingerprint density at radius 2 is 2.05 bits per heavy atom. The lowest BCUT2D eigenvalue weighted by molar-refractivity contribution is 0.596. The average molecular weight is 301 g/mol. The van der Waals surface area contributed by atoms with Gasteiger partial charge in [0.2, 0.25) is 0 Å². The Morgan fingerprint density at radius 3 is 2.86 bits per heavy atom. The number of rotatable bonds is 2. The highest BCUT2D eigenvalue weighted by Crippen LogP contribution is 2.35. The van der Waals surface area contributed by atoms with Crippen LogP contribution in [0, 0.1) is 0 Å². The maximum atomic E-state index is 11.4. The Morgan fingerprint density at radius 1 is 1.29 bits per heavy atom. The van der Waals surface area contributed by atoms with Gasteiger partial charge in [0.15, 0.2) is 5.16 Å². The molecule has 2 heterocycles. The van der Waals surface area contributed by atoms with Crippen molar-refractivity contribution in [2.75, 3.05) is 5.73 Å². The van der Waals surface area contributed by atoms with Crippen LogP contribution in [0.25, 0.3) is 10.9 Å². The number of aromatic amines is 1. The van der Waals surface area contributed by atoms with Crippen molar-refractivity contribution in [3.8, 4) is 0 Å². The molecule has 0 atom stereocenters. The van der Waals surface area contributed by atoms with Crippen molar-refractivity contribution in [2.45, 2.75) is 10.1 Å². The Balaban J connectivity index is 2.19. The molecule has 0 fully saturated rings. The minimum Gasteiger partial charge on any atom is -0.397 e. The Labute approximate surface area is 122 Å². The summed E-state index contributed by atoms with van der Waals surface area (Å²) in [6.07, 6.45) is 1.56. The van der Waals surface area contributed by atoms with Gasteiger partial charge in [-0.25, -0.2) is 0 Å². The molecule has 2 aromatic heterocycles. The molecule has 0 amide bonds. The van der Waals surface area contributed by atoms with Crippen molar-refractivity contribution in [1.29, 1.82) is 0 Å². The number of para-hydroxylation sites is 1. The summed E-state index contributed by atoms with van der Waals surface area (Å²) in [5.74, 6) is 0. The van der Waals surface area contributed by atoms with Gasteiger partial charge in [-0.05, 0) is 17.8 Å². The fourth-order valence-electron chi connectivity index (χ4n) is 1.89. The van der Waals surface area contributed by atoms with Crippen LogP contribution >= 0.6 is 11.8 Å². The molecule has 3 N–H and O–H groups in total. The fraction of sp³-hybridized carbons (Fsp3) is 0.0769. The normalized spacial score (nSPS) is 10.9. The molecule has 3 aromatic rings. The largest absolute Gasteiger partial charge is 0.397 e. The monoisotopic (exact) mass is 301 g/mol. The molecular formula is C13H11N5O2S. The number of anilines is 1. The van der Waals surface area contributed by atoms with E-state index in [4.69, 9.17) is 5.73 Å². The van der Waals surface area contributed by atoms with E-state index in [-0.39, 0.29) is 0 Å². The number of aryl methyl sites for hydroxylation is 1. The second kappa shape index (κ2) is 5.06. The van der Waals surface area contributed by atoms with Gasteiger partial charge in [-0.1, -0.05) is 18.2 Å². The molecule has 0 unspecified atom stereocenters. The summed E-state index contributed by atoms with van der Waals surface area (Å²) in [5.41, 5.74) is 5.68. The number of H-pyrrole nitrogens is 1. The zero-order valence-electron chi connectivity index (χ0n) is 11.0. The number of nitrogens with one attached hydrogen (secondary N) is 1. The molecule has 0 saturated carbocycles. The third-order valence-corrected chi connectivity index (χ3v) is 4.10. The minimum atomic E-state index is -0.826. The number of hydrogen-bond donors (Lipinski definition) is 2. The summed E-state index contributed by atoms with van der Waals surface area (Å²) < 4.78 is 1.39.